The van der Waals surface area contributed by atoms with Crippen molar-refractivity contribution < 1.29 is 0 Å². The largest absolute Gasteiger partial charge is 0.148 e. The van der Waals surface area contributed by atoms with E-state index in [-0.39, 0.29) is 0 Å². The molecule has 0 unspecified atom stereocenters. The second kappa shape index (κ2) is 1.96. The number of rotatable bonds is 0. The second-order valence-corrected chi connectivity index (χ2v) is 3.89. The molecule has 1 aliphatic rings. The summed E-state index contributed by atoms with van der Waals surface area (Å²) < 4.78 is 0. The molecule has 1 aromatic heterocycles. The molecule has 1 heterocycles. The van der Waals surface area contributed by atoms with Gasteiger partial charge in [0.05, 0.1) is 0 Å². The van der Waals surface area contributed by atoms with Gasteiger partial charge in [0.1, 0.15) is 0 Å². The first-order valence-corrected chi connectivity index (χ1v) is 4.39. The molecular weight excluding hydrogens is 140 g/mol. The van der Waals surface area contributed by atoms with Crippen molar-refractivity contribution in [2.24, 2.45) is 0 Å². The van der Waals surface area contributed by atoms with E-state index in [1.54, 1.807) is 4.88 Å². The van der Waals surface area contributed by atoms with E-state index in [9.17, 15) is 0 Å². The maximum atomic E-state index is 2.31. The van der Waals surface area contributed by atoms with Crippen LogP contribution in [0, 0.1) is 6.92 Å². The Morgan fingerprint density at radius 1 is 1.40 bits per heavy atom. The summed E-state index contributed by atoms with van der Waals surface area (Å²) in [5.74, 6) is 0. The monoisotopic (exact) mass is 150 g/mol. The summed E-state index contributed by atoms with van der Waals surface area (Å²) in [6, 6.07) is 0. The van der Waals surface area contributed by atoms with E-state index in [4.69, 9.17) is 0 Å². The van der Waals surface area contributed by atoms with Crippen molar-refractivity contribution in [3.05, 3.63) is 27.0 Å². The van der Waals surface area contributed by atoms with Gasteiger partial charge in [-0.1, -0.05) is 11.6 Å². The van der Waals surface area contributed by atoms with Gasteiger partial charge in [0.15, 0.2) is 0 Å². The molecule has 0 radical (unpaired) electrons. The van der Waals surface area contributed by atoms with E-state index in [0.717, 1.165) is 0 Å². The topological polar surface area (TPSA) is 0 Å². The van der Waals surface area contributed by atoms with Gasteiger partial charge in [0.2, 0.25) is 0 Å². The Balaban J connectivity index is 2.59. The van der Waals surface area contributed by atoms with Crippen LogP contribution in [-0.2, 0) is 6.42 Å². The van der Waals surface area contributed by atoms with Crippen LogP contribution in [0.3, 0.4) is 0 Å². The summed E-state index contributed by atoms with van der Waals surface area (Å²) in [5.41, 5.74) is 4.43. The van der Waals surface area contributed by atoms with Crippen LogP contribution in [-0.4, -0.2) is 0 Å². The van der Waals surface area contributed by atoms with Crippen molar-refractivity contribution in [2.75, 3.05) is 0 Å². The molecule has 0 saturated carbocycles. The highest BCUT2D eigenvalue weighted by molar-refractivity contribution is 7.10. The van der Waals surface area contributed by atoms with Crippen molar-refractivity contribution >= 4 is 17.4 Å². The van der Waals surface area contributed by atoms with E-state index in [0.29, 0.717) is 0 Å². The van der Waals surface area contributed by atoms with Crippen LogP contribution in [0.4, 0.5) is 0 Å². The minimum Gasteiger partial charge on any atom is -0.148 e. The summed E-state index contributed by atoms with van der Waals surface area (Å²) >= 11 is 1.89. The third-order valence-electron chi connectivity index (χ3n) is 1.93. The Labute approximate surface area is 65.2 Å². The van der Waals surface area contributed by atoms with Crippen LogP contribution in [0.25, 0.3) is 6.08 Å². The van der Waals surface area contributed by atoms with Crippen LogP contribution in [0.5, 0.6) is 0 Å². The maximum Gasteiger partial charge on any atom is 0.0161 e. The highest BCUT2D eigenvalue weighted by atomic mass is 32.1. The Morgan fingerprint density at radius 2 is 2.20 bits per heavy atom. The van der Waals surface area contributed by atoms with Crippen molar-refractivity contribution in [3.63, 3.8) is 0 Å². The number of fused-ring (bicyclic) bond motifs is 1. The molecule has 0 spiro atoms. The fraction of sp³-hybridized carbons (Fsp3) is 0.333. The molecule has 1 aromatic rings. The lowest BCUT2D eigenvalue weighted by atomic mass is 10.2. The Morgan fingerprint density at radius 3 is 2.90 bits per heavy atom. The predicted molar refractivity (Wildman–Crippen MR) is 46.4 cm³/mol. The number of hydrogen-bond donors (Lipinski definition) is 0. The lowest BCUT2D eigenvalue weighted by Crippen LogP contribution is -1.72. The third-order valence-corrected chi connectivity index (χ3v) is 3.05. The van der Waals surface area contributed by atoms with E-state index >= 15 is 0 Å². The van der Waals surface area contributed by atoms with Gasteiger partial charge in [-0.15, -0.1) is 11.3 Å². The number of allylic oxidation sites excluding steroid dienone is 1. The zero-order valence-electron chi connectivity index (χ0n) is 6.27. The maximum absolute atomic E-state index is 2.31. The first-order valence-electron chi connectivity index (χ1n) is 3.51. The van der Waals surface area contributed by atoms with E-state index in [1.807, 2.05) is 11.3 Å². The van der Waals surface area contributed by atoms with E-state index in [2.05, 4.69) is 25.3 Å². The zero-order chi connectivity index (χ0) is 7.14. The molecule has 0 aromatic carbocycles. The summed E-state index contributed by atoms with van der Waals surface area (Å²) in [6.45, 7) is 4.39. The number of thiophene rings is 1. The number of hydrogen-bond acceptors (Lipinski definition) is 1. The van der Waals surface area contributed by atoms with Gasteiger partial charge < -0.3 is 0 Å². The summed E-state index contributed by atoms with van der Waals surface area (Å²) in [7, 11) is 0. The summed E-state index contributed by atoms with van der Waals surface area (Å²) in [5, 5.41) is 2.24. The molecule has 1 heteroatoms. The quantitative estimate of drug-likeness (QED) is 0.533. The van der Waals surface area contributed by atoms with E-state index in [1.165, 1.54) is 23.1 Å². The molecule has 0 amide bonds. The minimum absolute atomic E-state index is 1.19. The summed E-state index contributed by atoms with van der Waals surface area (Å²) in [4.78, 5) is 1.55. The lowest BCUT2D eigenvalue weighted by Gasteiger charge is -1.85. The van der Waals surface area contributed by atoms with Crippen LogP contribution in [0.2, 0.25) is 0 Å². The molecule has 0 saturated heterocycles. The zero-order valence-corrected chi connectivity index (χ0v) is 7.09. The molecule has 52 valence electrons. The number of aryl methyl sites for hydroxylation is 1. The average molecular weight is 150 g/mol. The SMILES string of the molecule is CC1=Cc2c(C)csc2C1. The molecule has 0 nitrogen and oxygen atoms in total. The predicted octanol–water partition coefficient (Wildman–Crippen LogP) is 3.02. The van der Waals surface area contributed by atoms with Crippen LogP contribution >= 0.6 is 11.3 Å². The fourth-order valence-electron chi connectivity index (χ4n) is 1.39. The van der Waals surface area contributed by atoms with Gasteiger partial charge in [0.25, 0.3) is 0 Å². The minimum atomic E-state index is 1.19. The molecule has 0 bridgehead atoms. The highest BCUT2D eigenvalue weighted by Gasteiger charge is 2.12. The Hall–Kier alpha value is -0.560. The van der Waals surface area contributed by atoms with Gasteiger partial charge in [-0.3, -0.25) is 0 Å². The molecule has 0 fully saturated rings. The smallest absolute Gasteiger partial charge is 0.0161 e. The standard InChI is InChI=1S/C9H10S/c1-6-3-8-7(2)5-10-9(8)4-6/h3,5H,4H2,1-2H3. The molecule has 1 aliphatic carbocycles. The van der Waals surface area contributed by atoms with Gasteiger partial charge in [-0.25, -0.2) is 0 Å². The van der Waals surface area contributed by atoms with E-state index < -0.39 is 0 Å². The fourth-order valence-corrected chi connectivity index (χ4v) is 2.49. The van der Waals surface area contributed by atoms with Crippen molar-refractivity contribution in [3.8, 4) is 0 Å². The first-order chi connectivity index (χ1) is 4.77. The third kappa shape index (κ3) is 0.739. The first kappa shape index (κ1) is 6.17. The van der Waals surface area contributed by atoms with Crippen LogP contribution in [0.15, 0.2) is 11.0 Å². The Bertz CT molecular complexity index is 292. The normalized spacial score (nSPS) is 15.2. The highest BCUT2D eigenvalue weighted by Crippen LogP contribution is 2.32. The van der Waals surface area contributed by atoms with Crippen molar-refractivity contribution in [2.45, 2.75) is 20.3 Å². The van der Waals surface area contributed by atoms with Gasteiger partial charge >= 0.3 is 0 Å². The van der Waals surface area contributed by atoms with Crippen molar-refractivity contribution in [1.29, 1.82) is 0 Å². The Kier molecular flexibility index (Phi) is 1.21. The average Bonchev–Trinajstić information content (AvgIpc) is 2.35. The molecule has 10 heavy (non-hydrogen) atoms. The van der Waals surface area contributed by atoms with Crippen molar-refractivity contribution in [1.82, 2.24) is 0 Å². The molecule has 0 atom stereocenters. The molecular formula is C9H10S. The molecule has 2 rings (SSSR count). The second-order valence-electron chi connectivity index (χ2n) is 2.92. The molecule has 0 aliphatic heterocycles. The lowest BCUT2D eigenvalue weighted by molar-refractivity contribution is 1.23. The summed E-state index contributed by atoms with van der Waals surface area (Å²) in [6.07, 6.45) is 3.50. The van der Waals surface area contributed by atoms with Crippen LogP contribution in [0.1, 0.15) is 22.9 Å². The van der Waals surface area contributed by atoms with Gasteiger partial charge in [-0.2, -0.15) is 0 Å². The van der Waals surface area contributed by atoms with Crippen LogP contribution < -0.4 is 0 Å². The van der Waals surface area contributed by atoms with Gasteiger partial charge in [0, 0.05) is 11.3 Å². The molecule has 0 N–H and O–H groups in total. The van der Waals surface area contributed by atoms with Gasteiger partial charge in [-0.05, 0) is 30.4 Å².